The second kappa shape index (κ2) is 9.29. The SMILES string of the molecule is Cc1cccnc1/C=C/C(=O)OCc1ccc(OCc2ccncc2)cc1. The third-order valence-corrected chi connectivity index (χ3v) is 3.89. The minimum atomic E-state index is -0.405. The largest absolute Gasteiger partial charge is 0.489 e. The van der Waals surface area contributed by atoms with Crippen LogP contribution in [-0.2, 0) is 22.7 Å². The molecule has 0 saturated carbocycles. The molecule has 0 saturated heterocycles. The molecule has 5 nitrogen and oxygen atoms in total. The van der Waals surface area contributed by atoms with Gasteiger partial charge in [0.1, 0.15) is 19.0 Å². The fourth-order valence-corrected chi connectivity index (χ4v) is 2.35. The molecule has 0 radical (unpaired) electrons. The van der Waals surface area contributed by atoms with Crippen LogP contribution in [0.15, 0.2) is 73.2 Å². The summed E-state index contributed by atoms with van der Waals surface area (Å²) in [6.45, 7) is 2.62. The molecule has 1 aromatic carbocycles. The average molecular weight is 360 g/mol. The third kappa shape index (κ3) is 5.78. The van der Waals surface area contributed by atoms with Crippen molar-refractivity contribution in [3.63, 3.8) is 0 Å². The van der Waals surface area contributed by atoms with Crippen LogP contribution in [0.4, 0.5) is 0 Å². The van der Waals surface area contributed by atoms with Crippen molar-refractivity contribution < 1.29 is 14.3 Å². The van der Waals surface area contributed by atoms with Crippen LogP contribution in [-0.4, -0.2) is 15.9 Å². The molecular formula is C22H20N2O3. The van der Waals surface area contributed by atoms with E-state index in [1.54, 1.807) is 24.7 Å². The lowest BCUT2D eigenvalue weighted by Gasteiger charge is -2.07. The lowest BCUT2D eigenvalue weighted by Crippen LogP contribution is -2.01. The first-order valence-electron chi connectivity index (χ1n) is 8.58. The van der Waals surface area contributed by atoms with Gasteiger partial charge < -0.3 is 9.47 Å². The minimum Gasteiger partial charge on any atom is -0.489 e. The second-order valence-electron chi connectivity index (χ2n) is 5.93. The number of nitrogens with zero attached hydrogens (tertiary/aromatic N) is 2. The molecule has 3 rings (SSSR count). The Hall–Kier alpha value is -3.47. The zero-order valence-electron chi connectivity index (χ0n) is 15.0. The van der Waals surface area contributed by atoms with E-state index in [0.29, 0.717) is 6.61 Å². The number of rotatable bonds is 7. The van der Waals surface area contributed by atoms with Gasteiger partial charge in [-0.25, -0.2) is 4.79 Å². The zero-order valence-corrected chi connectivity index (χ0v) is 15.0. The average Bonchev–Trinajstić information content (AvgIpc) is 2.71. The van der Waals surface area contributed by atoms with Crippen LogP contribution in [0.1, 0.15) is 22.4 Å². The van der Waals surface area contributed by atoms with E-state index in [0.717, 1.165) is 28.1 Å². The first-order chi connectivity index (χ1) is 13.2. The van der Waals surface area contributed by atoms with Crippen molar-refractivity contribution in [2.45, 2.75) is 20.1 Å². The molecule has 5 heteroatoms. The lowest BCUT2D eigenvalue weighted by atomic mass is 10.2. The highest BCUT2D eigenvalue weighted by atomic mass is 16.5. The molecule has 0 aliphatic carbocycles. The van der Waals surface area contributed by atoms with Gasteiger partial charge in [0.25, 0.3) is 0 Å². The molecule has 2 aromatic heterocycles. The smallest absolute Gasteiger partial charge is 0.331 e. The Balaban J connectivity index is 1.47. The minimum absolute atomic E-state index is 0.203. The van der Waals surface area contributed by atoms with E-state index in [-0.39, 0.29) is 6.61 Å². The Labute approximate surface area is 158 Å². The molecular weight excluding hydrogens is 340 g/mol. The Kier molecular flexibility index (Phi) is 6.30. The van der Waals surface area contributed by atoms with Gasteiger partial charge in [0.05, 0.1) is 5.69 Å². The Bertz CT molecular complexity index is 906. The van der Waals surface area contributed by atoms with Crippen LogP contribution >= 0.6 is 0 Å². The molecule has 0 aliphatic heterocycles. The molecule has 27 heavy (non-hydrogen) atoms. The van der Waals surface area contributed by atoms with Crippen molar-refractivity contribution in [3.05, 3.63) is 95.6 Å². The molecule has 136 valence electrons. The summed E-state index contributed by atoms with van der Waals surface area (Å²) < 4.78 is 11.0. The molecule has 2 heterocycles. The van der Waals surface area contributed by atoms with Crippen LogP contribution in [0.25, 0.3) is 6.08 Å². The van der Waals surface area contributed by atoms with Crippen LogP contribution in [0.3, 0.4) is 0 Å². The van der Waals surface area contributed by atoms with Gasteiger partial charge in [0, 0.05) is 24.7 Å². The number of carbonyl (C=O) groups excluding carboxylic acids is 1. The molecule has 0 amide bonds. The topological polar surface area (TPSA) is 61.3 Å². The maximum absolute atomic E-state index is 11.9. The zero-order chi connectivity index (χ0) is 18.9. The first kappa shape index (κ1) is 18.3. The Morgan fingerprint density at radius 1 is 0.963 bits per heavy atom. The van der Waals surface area contributed by atoms with Crippen molar-refractivity contribution >= 4 is 12.0 Å². The van der Waals surface area contributed by atoms with Gasteiger partial charge >= 0.3 is 5.97 Å². The fraction of sp³-hybridized carbons (Fsp3) is 0.136. The second-order valence-corrected chi connectivity index (χ2v) is 5.93. The maximum atomic E-state index is 11.9. The van der Waals surface area contributed by atoms with Gasteiger partial charge in [-0.3, -0.25) is 9.97 Å². The molecule has 0 bridgehead atoms. The van der Waals surface area contributed by atoms with E-state index in [1.165, 1.54) is 6.08 Å². The molecule has 0 N–H and O–H groups in total. The molecule has 0 unspecified atom stereocenters. The van der Waals surface area contributed by atoms with Crippen LogP contribution in [0.5, 0.6) is 5.75 Å². The summed E-state index contributed by atoms with van der Waals surface area (Å²) in [5.74, 6) is 0.352. The summed E-state index contributed by atoms with van der Waals surface area (Å²) in [6.07, 6.45) is 8.21. The summed E-state index contributed by atoms with van der Waals surface area (Å²) in [5.41, 5.74) is 3.70. The molecule has 0 fully saturated rings. The predicted molar refractivity (Wildman–Crippen MR) is 103 cm³/mol. The number of aromatic nitrogens is 2. The van der Waals surface area contributed by atoms with Crippen molar-refractivity contribution in [3.8, 4) is 5.75 Å². The van der Waals surface area contributed by atoms with E-state index >= 15 is 0 Å². The summed E-state index contributed by atoms with van der Waals surface area (Å²) >= 11 is 0. The summed E-state index contributed by atoms with van der Waals surface area (Å²) in [6, 6.07) is 15.1. The van der Waals surface area contributed by atoms with Crippen LogP contribution in [0.2, 0.25) is 0 Å². The lowest BCUT2D eigenvalue weighted by molar-refractivity contribution is -0.138. The highest BCUT2D eigenvalue weighted by Crippen LogP contribution is 2.15. The van der Waals surface area contributed by atoms with E-state index in [2.05, 4.69) is 9.97 Å². The molecule has 0 spiro atoms. The van der Waals surface area contributed by atoms with Crippen LogP contribution in [0, 0.1) is 6.92 Å². The van der Waals surface area contributed by atoms with Crippen molar-refractivity contribution in [1.82, 2.24) is 9.97 Å². The fourth-order valence-electron chi connectivity index (χ4n) is 2.35. The van der Waals surface area contributed by atoms with E-state index in [1.807, 2.05) is 55.5 Å². The third-order valence-electron chi connectivity index (χ3n) is 3.89. The summed E-state index contributed by atoms with van der Waals surface area (Å²) in [4.78, 5) is 20.0. The van der Waals surface area contributed by atoms with Gasteiger partial charge in [-0.15, -0.1) is 0 Å². The Morgan fingerprint density at radius 3 is 2.44 bits per heavy atom. The van der Waals surface area contributed by atoms with Gasteiger partial charge in [0.2, 0.25) is 0 Å². The highest BCUT2D eigenvalue weighted by molar-refractivity contribution is 5.86. The van der Waals surface area contributed by atoms with E-state index in [9.17, 15) is 4.79 Å². The number of benzene rings is 1. The molecule has 0 atom stereocenters. The van der Waals surface area contributed by atoms with Gasteiger partial charge in [-0.05, 0) is 60.0 Å². The highest BCUT2D eigenvalue weighted by Gasteiger charge is 2.02. The number of pyridine rings is 2. The van der Waals surface area contributed by atoms with Crippen molar-refractivity contribution in [2.24, 2.45) is 0 Å². The standard InChI is InChI=1S/C22H20N2O3/c1-17-3-2-12-24-21(17)8-9-22(25)27-16-18-4-6-20(7-5-18)26-15-19-10-13-23-14-11-19/h2-14H,15-16H2,1H3/b9-8+. The number of ether oxygens (including phenoxy) is 2. The number of hydrogen-bond acceptors (Lipinski definition) is 5. The predicted octanol–water partition coefficient (Wildman–Crippen LogP) is 4.12. The summed E-state index contributed by atoms with van der Waals surface area (Å²) in [5, 5.41) is 0. The number of hydrogen-bond donors (Lipinski definition) is 0. The van der Waals surface area contributed by atoms with E-state index in [4.69, 9.17) is 9.47 Å². The summed E-state index contributed by atoms with van der Waals surface area (Å²) in [7, 11) is 0. The maximum Gasteiger partial charge on any atom is 0.331 e. The van der Waals surface area contributed by atoms with Gasteiger partial charge in [0.15, 0.2) is 0 Å². The molecule has 3 aromatic rings. The number of aryl methyl sites for hydroxylation is 1. The Morgan fingerprint density at radius 2 is 1.70 bits per heavy atom. The first-order valence-corrected chi connectivity index (χ1v) is 8.58. The number of esters is 1. The number of carbonyl (C=O) groups is 1. The molecule has 0 aliphatic rings. The van der Waals surface area contributed by atoms with Gasteiger partial charge in [-0.1, -0.05) is 18.2 Å². The normalized spacial score (nSPS) is 10.7. The van der Waals surface area contributed by atoms with Gasteiger partial charge in [-0.2, -0.15) is 0 Å². The van der Waals surface area contributed by atoms with Crippen molar-refractivity contribution in [2.75, 3.05) is 0 Å². The van der Waals surface area contributed by atoms with E-state index < -0.39 is 5.97 Å². The van der Waals surface area contributed by atoms with Crippen LogP contribution < -0.4 is 4.74 Å². The monoisotopic (exact) mass is 360 g/mol. The quantitative estimate of drug-likeness (QED) is 0.468. The van der Waals surface area contributed by atoms with Crippen molar-refractivity contribution in [1.29, 1.82) is 0 Å².